The van der Waals surface area contributed by atoms with Crippen LogP contribution in [0.1, 0.15) is 60.8 Å². The summed E-state index contributed by atoms with van der Waals surface area (Å²) >= 11 is 0. The maximum atomic E-state index is 3.52. The normalized spacial score (nSPS) is 28.4. The molecule has 2 rings (SSSR count). The van der Waals surface area contributed by atoms with Crippen molar-refractivity contribution >= 4 is 0 Å². The van der Waals surface area contributed by atoms with Crippen LogP contribution in [0.2, 0.25) is 0 Å². The summed E-state index contributed by atoms with van der Waals surface area (Å²) in [5, 5.41) is 3.52. The van der Waals surface area contributed by atoms with Gasteiger partial charge in [0, 0.05) is 19.1 Å². The molecular weight excluding hydrogens is 208 g/mol. The molecule has 0 bridgehead atoms. The Labute approximate surface area is 109 Å². The molecule has 2 aliphatic heterocycles. The third kappa shape index (κ3) is 4.97. The fourth-order valence-corrected chi connectivity index (χ4v) is 2.83. The number of hydrogen-bond donors (Lipinski definition) is 1. The summed E-state index contributed by atoms with van der Waals surface area (Å²) in [7, 11) is 0. The lowest BCUT2D eigenvalue weighted by Gasteiger charge is -2.42. The SMILES string of the molecule is CC.CC.CC(C)N1CCCC2(CCNC2)C1. The molecule has 0 aromatic heterocycles. The first kappa shape index (κ1) is 16.9. The highest BCUT2D eigenvalue weighted by Crippen LogP contribution is 2.35. The largest absolute Gasteiger partial charge is 0.316 e. The van der Waals surface area contributed by atoms with E-state index < -0.39 is 0 Å². The van der Waals surface area contributed by atoms with E-state index in [2.05, 4.69) is 24.1 Å². The second-order valence-electron chi connectivity index (χ2n) is 5.09. The van der Waals surface area contributed by atoms with Crippen molar-refractivity contribution < 1.29 is 0 Å². The van der Waals surface area contributed by atoms with E-state index in [1.807, 2.05) is 27.7 Å². The second-order valence-corrected chi connectivity index (χ2v) is 5.09. The van der Waals surface area contributed by atoms with Gasteiger partial charge in [-0.15, -0.1) is 0 Å². The predicted molar refractivity (Wildman–Crippen MR) is 78.6 cm³/mol. The highest BCUT2D eigenvalue weighted by molar-refractivity contribution is 4.93. The zero-order valence-electron chi connectivity index (χ0n) is 13.0. The molecule has 1 atom stereocenters. The van der Waals surface area contributed by atoms with Crippen molar-refractivity contribution in [3.05, 3.63) is 0 Å². The topological polar surface area (TPSA) is 15.3 Å². The molecule has 2 heteroatoms. The lowest BCUT2D eigenvalue weighted by atomic mass is 9.79. The summed E-state index contributed by atoms with van der Waals surface area (Å²) in [6, 6.07) is 0.734. The van der Waals surface area contributed by atoms with Crippen molar-refractivity contribution in [3.63, 3.8) is 0 Å². The van der Waals surface area contributed by atoms with E-state index in [9.17, 15) is 0 Å². The first-order valence-electron chi connectivity index (χ1n) is 7.67. The summed E-state index contributed by atoms with van der Waals surface area (Å²) in [6.07, 6.45) is 4.25. The van der Waals surface area contributed by atoms with Gasteiger partial charge < -0.3 is 10.2 Å². The quantitative estimate of drug-likeness (QED) is 0.757. The molecule has 1 N–H and O–H groups in total. The fraction of sp³-hybridized carbons (Fsp3) is 1.00. The summed E-state index contributed by atoms with van der Waals surface area (Å²) < 4.78 is 0. The van der Waals surface area contributed by atoms with E-state index in [0.29, 0.717) is 5.41 Å². The molecule has 0 aromatic carbocycles. The molecule has 0 saturated carbocycles. The highest BCUT2D eigenvalue weighted by Gasteiger charge is 2.38. The minimum absolute atomic E-state index is 0.641. The summed E-state index contributed by atoms with van der Waals surface area (Å²) in [4.78, 5) is 2.65. The van der Waals surface area contributed by atoms with Crippen LogP contribution in [0.3, 0.4) is 0 Å². The van der Waals surface area contributed by atoms with Crippen LogP contribution in [0.5, 0.6) is 0 Å². The van der Waals surface area contributed by atoms with Gasteiger partial charge in [-0.1, -0.05) is 27.7 Å². The number of piperidine rings is 1. The first-order valence-corrected chi connectivity index (χ1v) is 7.67. The van der Waals surface area contributed by atoms with Crippen molar-refractivity contribution in [1.82, 2.24) is 10.2 Å². The highest BCUT2D eigenvalue weighted by atomic mass is 15.2. The second kappa shape index (κ2) is 8.93. The molecular formula is C15H34N2. The summed E-state index contributed by atoms with van der Waals surface area (Å²) in [5.74, 6) is 0. The fourth-order valence-electron chi connectivity index (χ4n) is 2.83. The van der Waals surface area contributed by atoms with Gasteiger partial charge in [0.1, 0.15) is 0 Å². The number of rotatable bonds is 1. The number of likely N-dealkylation sites (tertiary alicyclic amines) is 1. The van der Waals surface area contributed by atoms with Crippen LogP contribution in [0.15, 0.2) is 0 Å². The Hall–Kier alpha value is -0.0800. The predicted octanol–water partition coefficient (Wildman–Crippen LogP) is 3.52. The molecule has 2 fully saturated rings. The monoisotopic (exact) mass is 242 g/mol. The molecule has 17 heavy (non-hydrogen) atoms. The van der Waals surface area contributed by atoms with Crippen molar-refractivity contribution in [2.45, 2.75) is 66.8 Å². The standard InChI is InChI=1S/C11H22N2.2C2H6/c1-10(2)13-7-3-4-11(9-13)5-6-12-8-11;2*1-2/h10,12H,3-9H2,1-2H3;2*1-2H3. The van der Waals surface area contributed by atoms with Crippen LogP contribution < -0.4 is 5.32 Å². The summed E-state index contributed by atoms with van der Waals surface area (Å²) in [6.45, 7) is 17.8. The third-order valence-corrected chi connectivity index (χ3v) is 3.75. The summed E-state index contributed by atoms with van der Waals surface area (Å²) in [5.41, 5.74) is 0.641. The van der Waals surface area contributed by atoms with Gasteiger partial charge >= 0.3 is 0 Å². The minimum Gasteiger partial charge on any atom is -0.316 e. The van der Waals surface area contributed by atoms with Crippen molar-refractivity contribution in [2.75, 3.05) is 26.2 Å². The molecule has 0 aliphatic carbocycles. The average Bonchev–Trinajstić information content (AvgIpc) is 2.82. The van der Waals surface area contributed by atoms with Crippen LogP contribution in [-0.4, -0.2) is 37.1 Å². The number of nitrogens with one attached hydrogen (secondary N) is 1. The molecule has 0 aromatic rings. The zero-order chi connectivity index (χ0) is 13.3. The van der Waals surface area contributed by atoms with Crippen LogP contribution in [0.4, 0.5) is 0 Å². The molecule has 2 saturated heterocycles. The molecule has 1 unspecified atom stereocenters. The average molecular weight is 242 g/mol. The Morgan fingerprint density at radius 1 is 1.06 bits per heavy atom. The first-order chi connectivity index (χ1) is 8.22. The van der Waals surface area contributed by atoms with Gasteiger partial charge in [0.2, 0.25) is 0 Å². The van der Waals surface area contributed by atoms with Crippen LogP contribution >= 0.6 is 0 Å². The van der Waals surface area contributed by atoms with Crippen molar-refractivity contribution in [2.24, 2.45) is 5.41 Å². The van der Waals surface area contributed by atoms with E-state index in [-0.39, 0.29) is 0 Å². The van der Waals surface area contributed by atoms with Gasteiger partial charge in [0.15, 0.2) is 0 Å². The zero-order valence-corrected chi connectivity index (χ0v) is 13.0. The van der Waals surface area contributed by atoms with Crippen LogP contribution in [-0.2, 0) is 0 Å². The molecule has 2 heterocycles. The van der Waals surface area contributed by atoms with E-state index in [4.69, 9.17) is 0 Å². The lowest BCUT2D eigenvalue weighted by molar-refractivity contribution is 0.0794. The van der Waals surface area contributed by atoms with Gasteiger partial charge in [-0.05, 0) is 51.6 Å². The van der Waals surface area contributed by atoms with Gasteiger partial charge in [-0.25, -0.2) is 0 Å². The van der Waals surface area contributed by atoms with E-state index in [1.165, 1.54) is 45.4 Å². The molecule has 104 valence electrons. The maximum Gasteiger partial charge on any atom is 0.00533 e. The van der Waals surface area contributed by atoms with Crippen LogP contribution in [0.25, 0.3) is 0 Å². The molecule has 0 amide bonds. The lowest BCUT2D eigenvalue weighted by Crippen LogP contribution is -2.47. The Balaban J connectivity index is 0.000000581. The maximum absolute atomic E-state index is 3.52. The Morgan fingerprint density at radius 3 is 2.18 bits per heavy atom. The Kier molecular flexibility index (Phi) is 8.89. The van der Waals surface area contributed by atoms with Gasteiger partial charge in [-0.2, -0.15) is 0 Å². The third-order valence-electron chi connectivity index (χ3n) is 3.75. The van der Waals surface area contributed by atoms with Gasteiger partial charge in [0.25, 0.3) is 0 Å². The number of nitrogens with zero attached hydrogens (tertiary/aromatic N) is 1. The molecule has 2 aliphatic rings. The molecule has 0 radical (unpaired) electrons. The Bertz CT molecular complexity index is 172. The smallest absolute Gasteiger partial charge is 0.00533 e. The number of hydrogen-bond acceptors (Lipinski definition) is 2. The van der Waals surface area contributed by atoms with Gasteiger partial charge in [-0.3, -0.25) is 0 Å². The minimum atomic E-state index is 0.641. The Morgan fingerprint density at radius 2 is 1.71 bits per heavy atom. The molecule has 1 spiro atoms. The van der Waals surface area contributed by atoms with Crippen LogP contribution in [0, 0.1) is 5.41 Å². The van der Waals surface area contributed by atoms with E-state index >= 15 is 0 Å². The van der Waals surface area contributed by atoms with E-state index in [0.717, 1.165) is 6.04 Å². The van der Waals surface area contributed by atoms with Crippen molar-refractivity contribution in [3.8, 4) is 0 Å². The van der Waals surface area contributed by atoms with Crippen molar-refractivity contribution in [1.29, 1.82) is 0 Å². The van der Waals surface area contributed by atoms with Gasteiger partial charge in [0.05, 0.1) is 0 Å². The van der Waals surface area contributed by atoms with E-state index in [1.54, 1.807) is 0 Å². The molecule has 2 nitrogen and oxygen atoms in total.